The number of carbonyl (C=O) groups is 1. The highest BCUT2D eigenvalue weighted by molar-refractivity contribution is 7.90. The summed E-state index contributed by atoms with van der Waals surface area (Å²) in [7, 11) is -3.31. The number of aromatic nitrogens is 1. The third-order valence-corrected chi connectivity index (χ3v) is 6.60. The van der Waals surface area contributed by atoms with Gasteiger partial charge < -0.3 is 4.90 Å². The maximum atomic E-state index is 12.7. The molecule has 130 valence electrons. The van der Waals surface area contributed by atoms with Crippen molar-refractivity contribution in [1.29, 1.82) is 0 Å². The second-order valence-corrected chi connectivity index (χ2v) is 9.49. The Morgan fingerprint density at radius 2 is 1.92 bits per heavy atom. The first kappa shape index (κ1) is 15.9. The molecule has 1 saturated heterocycles. The molecule has 0 spiro atoms. The average Bonchev–Trinajstić information content (AvgIpc) is 3.45. The number of pyridine rings is 1. The predicted octanol–water partition coefficient (Wildman–Crippen LogP) is 2.53. The second kappa shape index (κ2) is 5.72. The molecule has 2 heterocycles. The average molecular weight is 349 g/mol. The second-order valence-electron chi connectivity index (χ2n) is 7.47. The number of hydrogen-bond acceptors (Lipinski definition) is 4. The van der Waals surface area contributed by atoms with Crippen molar-refractivity contribution in [2.24, 2.45) is 17.8 Å². The fraction of sp³-hybridized carbons (Fsp3) is 0.647. The van der Waals surface area contributed by atoms with Crippen molar-refractivity contribution in [1.82, 2.24) is 9.88 Å². The largest absolute Gasteiger partial charge is 0.323 e. The van der Waals surface area contributed by atoms with Crippen LogP contribution in [0.3, 0.4) is 0 Å². The molecule has 1 N–H and O–H groups in total. The summed E-state index contributed by atoms with van der Waals surface area (Å²) >= 11 is 0. The van der Waals surface area contributed by atoms with Crippen LogP contribution in [0.4, 0.5) is 10.6 Å². The predicted molar refractivity (Wildman–Crippen MR) is 90.4 cm³/mol. The molecule has 6 nitrogen and oxygen atoms in total. The van der Waals surface area contributed by atoms with E-state index in [4.69, 9.17) is 0 Å². The number of anilines is 1. The van der Waals surface area contributed by atoms with Gasteiger partial charge in [-0.25, -0.2) is 18.2 Å². The van der Waals surface area contributed by atoms with E-state index in [1.165, 1.54) is 44.0 Å². The molecule has 2 atom stereocenters. The fourth-order valence-electron chi connectivity index (χ4n) is 3.86. The van der Waals surface area contributed by atoms with Gasteiger partial charge in [-0.2, -0.15) is 0 Å². The zero-order valence-electron chi connectivity index (χ0n) is 13.8. The van der Waals surface area contributed by atoms with E-state index in [-0.39, 0.29) is 10.9 Å². The van der Waals surface area contributed by atoms with Gasteiger partial charge in [-0.1, -0.05) is 0 Å². The van der Waals surface area contributed by atoms with E-state index in [9.17, 15) is 13.2 Å². The fourth-order valence-corrected chi connectivity index (χ4v) is 4.50. The number of urea groups is 1. The van der Waals surface area contributed by atoms with Crippen LogP contribution in [0.25, 0.3) is 0 Å². The van der Waals surface area contributed by atoms with Gasteiger partial charge in [-0.3, -0.25) is 5.32 Å². The Morgan fingerprint density at radius 1 is 1.21 bits per heavy atom. The van der Waals surface area contributed by atoms with Crippen LogP contribution in [0.1, 0.15) is 32.1 Å². The molecule has 2 saturated carbocycles. The minimum Gasteiger partial charge on any atom is -0.321 e. The highest BCUT2D eigenvalue weighted by Gasteiger charge is 2.47. The topological polar surface area (TPSA) is 79.4 Å². The molecule has 0 bridgehead atoms. The summed E-state index contributed by atoms with van der Waals surface area (Å²) in [6.45, 7) is 0.823. The number of rotatable bonds is 4. The zero-order chi connectivity index (χ0) is 16.9. The SMILES string of the molecule is CS(=O)(=O)c1ccnc(NC(=O)N2C[C@H](C3CC3)C[C@@H]2C2CC2)c1. The number of likely N-dealkylation sites (tertiary alicyclic amines) is 1. The highest BCUT2D eigenvalue weighted by Crippen LogP contribution is 2.48. The Morgan fingerprint density at radius 3 is 2.54 bits per heavy atom. The number of hydrogen-bond donors (Lipinski definition) is 1. The molecule has 1 aliphatic heterocycles. The maximum Gasteiger partial charge on any atom is 0.323 e. The van der Waals surface area contributed by atoms with Crippen LogP contribution in [0.15, 0.2) is 23.2 Å². The number of amides is 2. The van der Waals surface area contributed by atoms with E-state index in [0.717, 1.165) is 25.1 Å². The van der Waals surface area contributed by atoms with Gasteiger partial charge in [0.25, 0.3) is 0 Å². The molecule has 4 rings (SSSR count). The van der Waals surface area contributed by atoms with Crippen molar-refractivity contribution >= 4 is 21.7 Å². The molecule has 3 aliphatic rings. The smallest absolute Gasteiger partial charge is 0.321 e. The van der Waals surface area contributed by atoms with Crippen LogP contribution in [-0.2, 0) is 9.84 Å². The van der Waals surface area contributed by atoms with Crippen LogP contribution in [-0.4, -0.2) is 43.2 Å². The van der Waals surface area contributed by atoms with Gasteiger partial charge in [0.05, 0.1) is 4.90 Å². The van der Waals surface area contributed by atoms with Crippen molar-refractivity contribution in [2.45, 2.75) is 43.0 Å². The quantitative estimate of drug-likeness (QED) is 0.906. The molecule has 3 fully saturated rings. The third-order valence-electron chi connectivity index (χ3n) is 5.49. The van der Waals surface area contributed by atoms with Gasteiger partial charge >= 0.3 is 6.03 Å². The standard InChI is InChI=1S/C17H23N3O3S/c1-24(22,23)14-6-7-18-16(9-14)19-17(21)20-10-13(11-2-3-11)8-15(20)12-4-5-12/h6-7,9,11-13,15H,2-5,8,10H2,1H3,(H,18,19,21)/t13-,15-/m1/s1. The lowest BCUT2D eigenvalue weighted by Gasteiger charge is -2.24. The molecule has 24 heavy (non-hydrogen) atoms. The molecule has 1 aromatic heterocycles. The minimum absolute atomic E-state index is 0.145. The van der Waals surface area contributed by atoms with E-state index in [1.807, 2.05) is 4.90 Å². The first-order valence-electron chi connectivity index (χ1n) is 8.65. The Labute approximate surface area is 142 Å². The monoisotopic (exact) mass is 349 g/mol. The van der Waals surface area contributed by atoms with E-state index >= 15 is 0 Å². The van der Waals surface area contributed by atoms with E-state index in [0.29, 0.717) is 23.7 Å². The van der Waals surface area contributed by atoms with Gasteiger partial charge in [0, 0.05) is 25.0 Å². The van der Waals surface area contributed by atoms with Gasteiger partial charge in [0.15, 0.2) is 9.84 Å². The Hall–Kier alpha value is -1.63. The number of carbonyl (C=O) groups excluding carboxylic acids is 1. The number of sulfone groups is 1. The summed E-state index contributed by atoms with van der Waals surface area (Å²) in [5.74, 6) is 2.38. The lowest BCUT2D eigenvalue weighted by Crippen LogP contribution is -2.40. The molecule has 0 aromatic carbocycles. The third kappa shape index (κ3) is 3.27. The summed E-state index contributed by atoms with van der Waals surface area (Å²) in [5, 5.41) is 2.80. The van der Waals surface area contributed by atoms with Crippen LogP contribution in [0, 0.1) is 17.8 Å². The van der Waals surface area contributed by atoms with Crippen LogP contribution >= 0.6 is 0 Å². The lowest BCUT2D eigenvalue weighted by atomic mass is 9.98. The normalized spacial score (nSPS) is 27.3. The molecule has 7 heteroatoms. The van der Waals surface area contributed by atoms with E-state index in [2.05, 4.69) is 10.3 Å². The van der Waals surface area contributed by atoms with Crippen molar-refractivity contribution < 1.29 is 13.2 Å². The molecule has 0 radical (unpaired) electrons. The molecular formula is C17H23N3O3S. The summed E-state index contributed by atoms with van der Waals surface area (Å²) < 4.78 is 23.3. The van der Waals surface area contributed by atoms with Crippen LogP contribution in [0.2, 0.25) is 0 Å². The molecule has 2 aliphatic carbocycles. The summed E-state index contributed by atoms with van der Waals surface area (Å²) in [5.41, 5.74) is 0. The first-order chi connectivity index (χ1) is 11.4. The Bertz CT molecular complexity index is 756. The van der Waals surface area contributed by atoms with Crippen molar-refractivity contribution in [3.63, 3.8) is 0 Å². The highest BCUT2D eigenvalue weighted by atomic mass is 32.2. The Balaban J connectivity index is 1.49. The van der Waals surface area contributed by atoms with Crippen molar-refractivity contribution in [3.05, 3.63) is 18.3 Å². The van der Waals surface area contributed by atoms with Crippen LogP contribution in [0.5, 0.6) is 0 Å². The van der Waals surface area contributed by atoms with Gasteiger partial charge in [0.1, 0.15) is 5.82 Å². The maximum absolute atomic E-state index is 12.7. The summed E-state index contributed by atoms with van der Waals surface area (Å²) in [4.78, 5) is 19.0. The number of nitrogens with zero attached hydrogens (tertiary/aromatic N) is 2. The van der Waals surface area contributed by atoms with Crippen LogP contribution < -0.4 is 5.32 Å². The lowest BCUT2D eigenvalue weighted by molar-refractivity contribution is 0.199. The molecule has 1 aromatic rings. The van der Waals surface area contributed by atoms with Gasteiger partial charge in [0.2, 0.25) is 0 Å². The molecule has 0 unspecified atom stereocenters. The van der Waals surface area contributed by atoms with E-state index < -0.39 is 9.84 Å². The molecular weight excluding hydrogens is 326 g/mol. The molecule has 2 amide bonds. The summed E-state index contributed by atoms with van der Waals surface area (Å²) in [6, 6.07) is 3.06. The zero-order valence-corrected chi connectivity index (χ0v) is 14.6. The van der Waals surface area contributed by atoms with Gasteiger partial charge in [-0.15, -0.1) is 0 Å². The summed E-state index contributed by atoms with van der Waals surface area (Å²) in [6.07, 6.45) is 8.73. The van der Waals surface area contributed by atoms with Gasteiger partial charge in [-0.05, 0) is 62.0 Å². The minimum atomic E-state index is -3.31. The van der Waals surface area contributed by atoms with Crippen molar-refractivity contribution in [3.8, 4) is 0 Å². The van der Waals surface area contributed by atoms with E-state index in [1.54, 1.807) is 0 Å². The Kier molecular flexibility index (Phi) is 3.78. The van der Waals surface area contributed by atoms with Crippen molar-refractivity contribution in [2.75, 3.05) is 18.1 Å². The first-order valence-corrected chi connectivity index (χ1v) is 10.5. The number of nitrogens with one attached hydrogen (secondary N) is 1.